The number of hydrogen-bond acceptors (Lipinski definition) is 4. The second-order valence-electron chi connectivity index (χ2n) is 4.89. The third-order valence-electron chi connectivity index (χ3n) is 3.29. The number of para-hydroxylation sites is 1. The highest BCUT2D eigenvalue weighted by Gasteiger charge is 2.23. The van der Waals surface area contributed by atoms with Gasteiger partial charge in [-0.2, -0.15) is 0 Å². The number of aromatic carboxylic acids is 3. The number of benzene rings is 2. The van der Waals surface area contributed by atoms with Crippen LogP contribution >= 0.6 is 0 Å². The second kappa shape index (κ2) is 7.78. The smallest absolute Gasteiger partial charge is 0.337 e. The molecule has 25 heavy (non-hydrogen) atoms. The zero-order valence-electron chi connectivity index (χ0n) is 12.9. The fraction of sp³-hybridized carbons (Fsp3) is 0.0556. The summed E-state index contributed by atoms with van der Waals surface area (Å²) in [7, 11) is 0. The predicted molar refractivity (Wildman–Crippen MR) is 88.3 cm³/mol. The Bertz CT molecular complexity index is 820. The van der Waals surface area contributed by atoms with Crippen LogP contribution in [0.4, 0.5) is 0 Å². The molecule has 0 unspecified atom stereocenters. The molecule has 0 atom stereocenters. The number of hydrogen-bond donors (Lipinski definition) is 3. The first-order valence-electron chi connectivity index (χ1n) is 7.13. The molecule has 0 aromatic heterocycles. The van der Waals surface area contributed by atoms with E-state index < -0.39 is 34.6 Å². The van der Waals surface area contributed by atoms with Crippen molar-refractivity contribution in [3.8, 4) is 5.75 Å². The Morgan fingerprint density at radius 3 is 1.92 bits per heavy atom. The van der Waals surface area contributed by atoms with Crippen molar-refractivity contribution in [1.29, 1.82) is 0 Å². The molecule has 7 heteroatoms. The van der Waals surface area contributed by atoms with Crippen LogP contribution in [0, 0.1) is 0 Å². The van der Waals surface area contributed by atoms with E-state index in [1.807, 2.05) is 30.3 Å². The Labute approximate surface area is 142 Å². The lowest BCUT2D eigenvalue weighted by Crippen LogP contribution is -2.14. The van der Waals surface area contributed by atoms with E-state index in [1.165, 1.54) is 11.6 Å². The molecular weight excluding hydrogens is 328 g/mol. The molecule has 0 aliphatic carbocycles. The number of rotatable bonds is 3. The van der Waals surface area contributed by atoms with Crippen molar-refractivity contribution in [1.82, 2.24) is 0 Å². The van der Waals surface area contributed by atoms with E-state index >= 15 is 0 Å². The van der Waals surface area contributed by atoms with Crippen molar-refractivity contribution in [2.45, 2.75) is 0 Å². The van der Waals surface area contributed by atoms with Gasteiger partial charge < -0.3 is 20.1 Å². The molecule has 7 nitrogen and oxygen atoms in total. The molecule has 0 spiro atoms. The highest BCUT2D eigenvalue weighted by molar-refractivity contribution is 6.09. The van der Waals surface area contributed by atoms with Crippen molar-refractivity contribution in [3.05, 3.63) is 70.8 Å². The van der Waals surface area contributed by atoms with Gasteiger partial charge in [0.25, 0.3) is 0 Å². The topological polar surface area (TPSA) is 121 Å². The standard InChI is InChI=1S/C9H6O6.C9H8O/c10-7(11)4-2-1-3-5(8(12)13)6(4)9(14)15;1-2-6-9-8(4-1)5-3-7-10-9/h1-3H,(H,10,11)(H,12,13)(H,14,15);1-6H,7H2. The molecule has 0 radical (unpaired) electrons. The minimum absolute atomic E-state index is 0.539. The van der Waals surface area contributed by atoms with Gasteiger partial charge in [0.1, 0.15) is 12.4 Å². The summed E-state index contributed by atoms with van der Waals surface area (Å²) in [4.78, 5) is 32.0. The molecule has 0 bridgehead atoms. The van der Waals surface area contributed by atoms with Gasteiger partial charge >= 0.3 is 17.9 Å². The van der Waals surface area contributed by atoms with Crippen LogP contribution in [0.5, 0.6) is 5.75 Å². The summed E-state index contributed by atoms with van der Waals surface area (Å²) >= 11 is 0. The van der Waals surface area contributed by atoms with E-state index in [0.717, 1.165) is 17.9 Å². The number of ether oxygens (including phenoxy) is 1. The molecule has 1 aliphatic rings. The number of carboxylic acids is 3. The van der Waals surface area contributed by atoms with Gasteiger partial charge in [-0.15, -0.1) is 0 Å². The zero-order chi connectivity index (χ0) is 18.4. The van der Waals surface area contributed by atoms with Crippen LogP contribution in [0.25, 0.3) is 6.08 Å². The number of carbonyl (C=O) groups is 3. The SMILES string of the molecule is C1=Cc2ccccc2OC1.O=C(O)c1cccc(C(=O)O)c1C(=O)O. The third kappa shape index (κ3) is 4.23. The summed E-state index contributed by atoms with van der Waals surface area (Å²) in [6.07, 6.45) is 4.10. The van der Waals surface area contributed by atoms with Crippen LogP contribution in [-0.4, -0.2) is 39.8 Å². The van der Waals surface area contributed by atoms with E-state index in [9.17, 15) is 14.4 Å². The Kier molecular flexibility index (Phi) is 5.52. The first kappa shape index (κ1) is 17.7. The lowest BCUT2D eigenvalue weighted by Gasteiger charge is -2.10. The molecule has 1 heterocycles. The summed E-state index contributed by atoms with van der Waals surface area (Å²) in [6, 6.07) is 11.3. The first-order chi connectivity index (χ1) is 11.9. The average Bonchev–Trinajstić information content (AvgIpc) is 2.61. The van der Waals surface area contributed by atoms with Crippen molar-refractivity contribution in [2.75, 3.05) is 6.61 Å². The van der Waals surface area contributed by atoms with Gasteiger partial charge in [-0.05, 0) is 24.3 Å². The van der Waals surface area contributed by atoms with Crippen molar-refractivity contribution in [2.24, 2.45) is 0 Å². The molecule has 3 rings (SSSR count). The maximum Gasteiger partial charge on any atom is 0.337 e. The van der Waals surface area contributed by atoms with E-state index in [2.05, 4.69) is 6.08 Å². The Morgan fingerprint density at radius 2 is 1.40 bits per heavy atom. The highest BCUT2D eigenvalue weighted by atomic mass is 16.5. The molecule has 0 fully saturated rings. The maximum atomic E-state index is 10.7. The maximum absolute atomic E-state index is 10.7. The second-order valence-corrected chi connectivity index (χ2v) is 4.89. The quantitative estimate of drug-likeness (QED) is 0.784. The largest absolute Gasteiger partial charge is 0.489 e. The van der Waals surface area contributed by atoms with Gasteiger partial charge in [-0.25, -0.2) is 14.4 Å². The van der Waals surface area contributed by atoms with Crippen molar-refractivity contribution < 1.29 is 34.4 Å². The molecule has 0 amide bonds. The molecule has 3 N–H and O–H groups in total. The molecule has 0 saturated heterocycles. The molecule has 2 aromatic rings. The van der Waals surface area contributed by atoms with E-state index in [-0.39, 0.29) is 0 Å². The normalized spacial score (nSPS) is 11.4. The lowest BCUT2D eigenvalue weighted by molar-refractivity contribution is 0.0633. The van der Waals surface area contributed by atoms with E-state index in [1.54, 1.807) is 0 Å². The van der Waals surface area contributed by atoms with Gasteiger partial charge in [0.15, 0.2) is 0 Å². The minimum atomic E-state index is -1.58. The fourth-order valence-electron chi connectivity index (χ4n) is 2.20. The Hall–Kier alpha value is -3.61. The Morgan fingerprint density at radius 1 is 0.800 bits per heavy atom. The van der Waals surface area contributed by atoms with E-state index in [0.29, 0.717) is 6.61 Å². The van der Waals surface area contributed by atoms with Crippen LogP contribution in [0.1, 0.15) is 36.6 Å². The van der Waals surface area contributed by atoms with Crippen molar-refractivity contribution >= 4 is 24.0 Å². The molecule has 128 valence electrons. The lowest BCUT2D eigenvalue weighted by atomic mass is 10.0. The highest BCUT2D eigenvalue weighted by Crippen LogP contribution is 2.21. The summed E-state index contributed by atoms with van der Waals surface area (Å²) in [5.41, 5.74) is -0.615. The zero-order valence-corrected chi connectivity index (χ0v) is 12.9. The van der Waals surface area contributed by atoms with Crippen LogP contribution < -0.4 is 4.74 Å². The molecule has 0 saturated carbocycles. The monoisotopic (exact) mass is 342 g/mol. The van der Waals surface area contributed by atoms with Gasteiger partial charge in [0, 0.05) is 5.56 Å². The third-order valence-corrected chi connectivity index (χ3v) is 3.29. The number of fused-ring (bicyclic) bond motifs is 1. The summed E-state index contributed by atoms with van der Waals surface area (Å²) in [5, 5.41) is 26.0. The Balaban J connectivity index is 0.000000194. The first-order valence-corrected chi connectivity index (χ1v) is 7.13. The molecule has 1 aliphatic heterocycles. The summed E-state index contributed by atoms with van der Waals surface area (Å²) in [6.45, 7) is 0.705. The average molecular weight is 342 g/mol. The number of carboxylic acid groups (broad SMARTS) is 3. The predicted octanol–water partition coefficient (Wildman–Crippen LogP) is 2.87. The van der Waals surface area contributed by atoms with Crippen molar-refractivity contribution in [3.63, 3.8) is 0 Å². The van der Waals surface area contributed by atoms with E-state index in [4.69, 9.17) is 20.1 Å². The molecular formula is C18H14O7. The molecule has 2 aromatic carbocycles. The fourth-order valence-corrected chi connectivity index (χ4v) is 2.20. The van der Waals surface area contributed by atoms with Gasteiger partial charge in [-0.3, -0.25) is 0 Å². The van der Waals surface area contributed by atoms with Crippen LogP contribution in [0.3, 0.4) is 0 Å². The van der Waals surface area contributed by atoms with Gasteiger partial charge in [0.2, 0.25) is 0 Å². The summed E-state index contributed by atoms with van der Waals surface area (Å²) in [5.74, 6) is -3.54. The van der Waals surface area contributed by atoms with Crippen LogP contribution in [0.15, 0.2) is 48.5 Å². The summed E-state index contributed by atoms with van der Waals surface area (Å²) < 4.78 is 5.34. The van der Waals surface area contributed by atoms with Gasteiger partial charge in [0.05, 0.1) is 16.7 Å². The van der Waals surface area contributed by atoms with Gasteiger partial charge in [-0.1, -0.05) is 30.3 Å². The van der Waals surface area contributed by atoms with Crippen LogP contribution in [0.2, 0.25) is 0 Å². The van der Waals surface area contributed by atoms with Crippen LogP contribution in [-0.2, 0) is 0 Å². The minimum Gasteiger partial charge on any atom is -0.489 e.